The Kier molecular flexibility index (Phi) is 3.40. The van der Waals surface area contributed by atoms with Crippen molar-refractivity contribution in [3.63, 3.8) is 0 Å². The van der Waals surface area contributed by atoms with Crippen LogP contribution in [0.2, 0.25) is 0 Å². The lowest BCUT2D eigenvalue weighted by molar-refractivity contribution is -0.143. The fourth-order valence-corrected chi connectivity index (χ4v) is 1.84. The van der Waals surface area contributed by atoms with E-state index in [1.807, 2.05) is 0 Å². The fourth-order valence-electron chi connectivity index (χ4n) is 1.84. The van der Waals surface area contributed by atoms with Crippen LogP contribution >= 0.6 is 0 Å². The fraction of sp³-hybridized carbons (Fsp3) is 0.455. The molecular weight excluding hydrogens is 236 g/mol. The van der Waals surface area contributed by atoms with Crippen LogP contribution in [0.15, 0.2) is 9.79 Å². The highest BCUT2D eigenvalue weighted by Crippen LogP contribution is 2.30. The highest BCUT2D eigenvalue weighted by Gasteiger charge is 2.24. The van der Waals surface area contributed by atoms with E-state index in [2.05, 4.69) is 15.0 Å². The molecule has 96 valence electrons. The van der Waals surface area contributed by atoms with Gasteiger partial charge in [0.15, 0.2) is 0 Å². The lowest BCUT2D eigenvalue weighted by Crippen LogP contribution is -2.14. The maximum Gasteiger partial charge on any atom is 0.305 e. The summed E-state index contributed by atoms with van der Waals surface area (Å²) < 4.78 is 4.84. The van der Waals surface area contributed by atoms with Crippen molar-refractivity contribution in [3.05, 3.63) is 16.0 Å². The van der Waals surface area contributed by atoms with Crippen molar-refractivity contribution in [2.75, 3.05) is 12.3 Å². The number of aromatic nitrogens is 2. The number of aromatic amines is 1. The summed E-state index contributed by atoms with van der Waals surface area (Å²) in [6.45, 7) is 2.12. The number of nitrogen functional groups attached to an aromatic ring is 1. The second kappa shape index (κ2) is 4.99. The molecule has 0 spiro atoms. The molecule has 0 saturated heterocycles. The van der Waals surface area contributed by atoms with Gasteiger partial charge in [0.25, 0.3) is 5.56 Å². The Morgan fingerprint density at radius 3 is 3.11 bits per heavy atom. The number of carbonyl (C=O) groups is 1. The van der Waals surface area contributed by atoms with Crippen molar-refractivity contribution in [1.29, 1.82) is 0 Å². The van der Waals surface area contributed by atoms with Crippen LogP contribution in [0.5, 0.6) is 0 Å². The van der Waals surface area contributed by atoms with E-state index in [4.69, 9.17) is 10.5 Å². The molecule has 0 saturated carbocycles. The van der Waals surface area contributed by atoms with Crippen molar-refractivity contribution >= 4 is 23.8 Å². The van der Waals surface area contributed by atoms with Crippen LogP contribution in [0, 0.1) is 0 Å². The minimum Gasteiger partial charge on any atom is -0.466 e. The zero-order valence-corrected chi connectivity index (χ0v) is 9.97. The Balaban J connectivity index is 2.10. The van der Waals surface area contributed by atoms with Crippen LogP contribution in [0.3, 0.4) is 0 Å². The number of H-pyrrole nitrogens is 1. The second-order valence-electron chi connectivity index (χ2n) is 3.91. The number of esters is 1. The van der Waals surface area contributed by atoms with Gasteiger partial charge in [-0.25, -0.2) is 4.98 Å². The number of rotatable bonds is 4. The van der Waals surface area contributed by atoms with Gasteiger partial charge in [0.2, 0.25) is 5.95 Å². The lowest BCUT2D eigenvalue weighted by atomic mass is 10.0. The average Bonchev–Trinajstić information content (AvgIpc) is 2.70. The quantitative estimate of drug-likeness (QED) is 0.756. The third-order valence-electron chi connectivity index (χ3n) is 2.64. The molecule has 0 fully saturated rings. The Morgan fingerprint density at radius 2 is 2.39 bits per heavy atom. The molecule has 1 unspecified atom stereocenters. The number of hydrogen-bond acceptors (Lipinski definition) is 6. The maximum absolute atomic E-state index is 11.5. The second-order valence-corrected chi connectivity index (χ2v) is 3.91. The molecule has 1 aliphatic heterocycles. The molecule has 0 aliphatic carbocycles. The highest BCUT2D eigenvalue weighted by molar-refractivity contribution is 5.80. The number of nitrogens with one attached hydrogen (secondary N) is 1. The maximum atomic E-state index is 11.5. The van der Waals surface area contributed by atoms with Gasteiger partial charge in [-0.05, 0) is 13.3 Å². The molecule has 0 radical (unpaired) electrons. The van der Waals surface area contributed by atoms with Gasteiger partial charge in [0.1, 0.15) is 5.69 Å². The Morgan fingerprint density at radius 1 is 1.61 bits per heavy atom. The van der Waals surface area contributed by atoms with Crippen molar-refractivity contribution in [2.45, 2.75) is 25.7 Å². The first-order chi connectivity index (χ1) is 8.61. The van der Waals surface area contributed by atoms with Gasteiger partial charge in [-0.15, -0.1) is 0 Å². The smallest absolute Gasteiger partial charge is 0.305 e. The molecule has 0 amide bonds. The number of carbonyl (C=O) groups excluding carboxylic acids is 1. The first-order valence-electron chi connectivity index (χ1n) is 5.71. The van der Waals surface area contributed by atoms with Crippen LogP contribution in [-0.4, -0.2) is 28.8 Å². The lowest BCUT2D eigenvalue weighted by Gasteiger charge is -2.08. The van der Waals surface area contributed by atoms with Crippen LogP contribution in [0.1, 0.15) is 31.4 Å². The van der Waals surface area contributed by atoms with Crippen molar-refractivity contribution in [1.82, 2.24) is 9.97 Å². The summed E-state index contributed by atoms with van der Waals surface area (Å²) in [5, 5.41) is 0. The molecule has 0 aromatic carbocycles. The molecular formula is C11H14N4O3. The predicted octanol–water partition coefficient (Wildman–Crippen LogP) is 0.495. The first kappa shape index (κ1) is 12.3. The van der Waals surface area contributed by atoms with Gasteiger partial charge in [0.05, 0.1) is 12.3 Å². The molecule has 2 rings (SSSR count). The minimum atomic E-state index is -0.354. The zero-order chi connectivity index (χ0) is 13.1. The number of hydrogen-bond donors (Lipinski definition) is 2. The third kappa shape index (κ3) is 2.39. The molecule has 7 heteroatoms. The topological polar surface area (TPSA) is 110 Å². The van der Waals surface area contributed by atoms with Gasteiger partial charge < -0.3 is 10.5 Å². The number of fused-ring (bicyclic) bond motifs is 1. The van der Waals surface area contributed by atoms with E-state index < -0.39 is 0 Å². The van der Waals surface area contributed by atoms with E-state index >= 15 is 0 Å². The van der Waals surface area contributed by atoms with Crippen molar-refractivity contribution < 1.29 is 9.53 Å². The summed E-state index contributed by atoms with van der Waals surface area (Å²) in [5.74, 6) is -0.364. The van der Waals surface area contributed by atoms with Crippen LogP contribution in [0.25, 0.3) is 0 Å². The van der Waals surface area contributed by atoms with E-state index in [9.17, 15) is 9.59 Å². The minimum absolute atomic E-state index is 0.0605. The van der Waals surface area contributed by atoms with E-state index in [0.717, 1.165) is 0 Å². The molecule has 7 nitrogen and oxygen atoms in total. The Labute approximate surface area is 103 Å². The van der Waals surface area contributed by atoms with Crippen LogP contribution < -0.4 is 11.3 Å². The van der Waals surface area contributed by atoms with E-state index in [1.54, 1.807) is 13.1 Å². The number of ether oxygens (including phenoxy) is 1. The normalized spacial score (nSPS) is 16.6. The number of anilines is 1. The van der Waals surface area contributed by atoms with E-state index in [1.165, 1.54) is 0 Å². The van der Waals surface area contributed by atoms with Gasteiger partial charge in [-0.3, -0.25) is 19.6 Å². The first-order valence-corrected chi connectivity index (χ1v) is 5.71. The summed E-state index contributed by atoms with van der Waals surface area (Å²) in [7, 11) is 0. The summed E-state index contributed by atoms with van der Waals surface area (Å²) in [5.41, 5.74) is 5.93. The van der Waals surface area contributed by atoms with Gasteiger partial charge >= 0.3 is 5.97 Å². The van der Waals surface area contributed by atoms with Gasteiger partial charge in [-0.1, -0.05) is 0 Å². The molecule has 0 bridgehead atoms. The molecule has 2 heterocycles. The number of nitrogens with two attached hydrogens (primary N) is 1. The van der Waals surface area contributed by atoms with Gasteiger partial charge in [-0.2, -0.15) is 0 Å². The van der Waals surface area contributed by atoms with E-state index in [-0.39, 0.29) is 35.5 Å². The molecule has 1 aromatic rings. The third-order valence-corrected chi connectivity index (χ3v) is 2.64. The predicted molar refractivity (Wildman–Crippen MR) is 66.0 cm³/mol. The Hall–Kier alpha value is -2.18. The SMILES string of the molecule is CCOC(=O)CCC1C=Nc2c1nc(N)[nH]c2=O. The van der Waals surface area contributed by atoms with Crippen molar-refractivity contribution in [3.8, 4) is 0 Å². The highest BCUT2D eigenvalue weighted by atomic mass is 16.5. The summed E-state index contributed by atoms with van der Waals surface area (Å²) >= 11 is 0. The molecule has 1 aliphatic rings. The number of aliphatic imine (C=N–C) groups is 1. The molecule has 18 heavy (non-hydrogen) atoms. The average molecular weight is 250 g/mol. The monoisotopic (exact) mass is 250 g/mol. The molecule has 1 atom stereocenters. The largest absolute Gasteiger partial charge is 0.466 e. The van der Waals surface area contributed by atoms with Crippen LogP contribution in [-0.2, 0) is 9.53 Å². The Bertz CT molecular complexity index is 550. The summed E-state index contributed by atoms with van der Waals surface area (Å²) in [4.78, 5) is 33.3. The van der Waals surface area contributed by atoms with E-state index in [0.29, 0.717) is 18.7 Å². The number of nitrogens with zero attached hydrogens (tertiary/aromatic N) is 2. The standard InChI is InChI=1S/C11H14N4O3/c1-2-18-7(16)4-3-6-5-13-9-8(6)14-11(12)15-10(9)17/h5-6H,2-4H2,1H3,(H3,12,14,15,17). The summed E-state index contributed by atoms with van der Waals surface area (Å²) in [6.07, 6.45) is 2.38. The van der Waals surface area contributed by atoms with Gasteiger partial charge in [0, 0.05) is 18.6 Å². The van der Waals surface area contributed by atoms with Crippen molar-refractivity contribution in [2.24, 2.45) is 4.99 Å². The van der Waals surface area contributed by atoms with Crippen LogP contribution in [0.4, 0.5) is 11.6 Å². The summed E-state index contributed by atoms with van der Waals surface area (Å²) in [6, 6.07) is 0. The molecule has 3 N–H and O–H groups in total. The molecule has 1 aromatic heterocycles. The zero-order valence-electron chi connectivity index (χ0n) is 9.97.